The first-order valence-corrected chi connectivity index (χ1v) is 5.94. The first-order valence-electron chi connectivity index (χ1n) is 5.12. The van der Waals surface area contributed by atoms with Gasteiger partial charge in [-0.3, -0.25) is 14.9 Å². The molecule has 0 unspecified atom stereocenters. The van der Waals surface area contributed by atoms with Gasteiger partial charge in [0.15, 0.2) is 0 Å². The summed E-state index contributed by atoms with van der Waals surface area (Å²) in [6.45, 7) is 2.90. The van der Waals surface area contributed by atoms with E-state index in [9.17, 15) is 14.9 Å². The molecule has 1 amide bonds. The summed E-state index contributed by atoms with van der Waals surface area (Å²) in [5.74, 6) is -0.179. The van der Waals surface area contributed by atoms with Gasteiger partial charge in [-0.2, -0.15) is 0 Å². The van der Waals surface area contributed by atoms with Crippen molar-refractivity contribution in [1.82, 2.24) is 10.2 Å². The molecule has 1 N–H and O–H groups in total. The number of carbonyl (C=O) groups excluding carboxylic acids is 1. The van der Waals surface area contributed by atoms with Crippen molar-refractivity contribution in [2.75, 3.05) is 27.2 Å². The van der Waals surface area contributed by atoms with Crippen LogP contribution in [0.15, 0.2) is 6.07 Å². The molecule has 94 valence electrons. The summed E-state index contributed by atoms with van der Waals surface area (Å²) in [5.41, 5.74) is 0.0142. The zero-order valence-electron chi connectivity index (χ0n) is 10.0. The normalized spacial score (nSPS) is 10.3. The van der Waals surface area contributed by atoms with Gasteiger partial charge >= 0.3 is 0 Å². The molecule has 0 radical (unpaired) electrons. The molecule has 7 heteroatoms. The van der Waals surface area contributed by atoms with Crippen molar-refractivity contribution >= 4 is 22.9 Å². The molecule has 6 nitrogen and oxygen atoms in total. The fourth-order valence-corrected chi connectivity index (χ4v) is 2.31. The van der Waals surface area contributed by atoms with Crippen LogP contribution in [0.1, 0.15) is 14.5 Å². The van der Waals surface area contributed by atoms with Gasteiger partial charge in [0.05, 0.1) is 14.7 Å². The molecule has 0 saturated carbocycles. The third-order valence-electron chi connectivity index (χ3n) is 2.34. The number of amides is 1. The van der Waals surface area contributed by atoms with E-state index in [0.29, 0.717) is 22.8 Å². The largest absolute Gasteiger partial charge is 0.340 e. The topological polar surface area (TPSA) is 75.5 Å². The molecule has 0 aliphatic heterocycles. The van der Waals surface area contributed by atoms with Crippen LogP contribution in [0.4, 0.5) is 5.69 Å². The Morgan fingerprint density at radius 3 is 2.76 bits per heavy atom. The van der Waals surface area contributed by atoms with Crippen LogP contribution in [0.3, 0.4) is 0 Å². The van der Waals surface area contributed by atoms with E-state index in [-0.39, 0.29) is 11.6 Å². The van der Waals surface area contributed by atoms with Crippen LogP contribution in [0, 0.1) is 17.0 Å². The fraction of sp³-hybridized carbons (Fsp3) is 0.500. The van der Waals surface area contributed by atoms with Crippen molar-refractivity contribution in [3.05, 3.63) is 25.9 Å². The Morgan fingerprint density at radius 1 is 1.65 bits per heavy atom. The zero-order chi connectivity index (χ0) is 13.0. The molecule has 1 aromatic rings. The quantitative estimate of drug-likeness (QED) is 0.636. The maximum Gasteiger partial charge on any atom is 0.283 e. The second-order valence-corrected chi connectivity index (χ2v) is 4.90. The van der Waals surface area contributed by atoms with Crippen LogP contribution in [0.5, 0.6) is 0 Å². The number of rotatable bonds is 5. The minimum atomic E-state index is -0.462. The summed E-state index contributed by atoms with van der Waals surface area (Å²) < 4.78 is 0. The van der Waals surface area contributed by atoms with Gasteiger partial charge in [-0.25, -0.2) is 0 Å². The molecule has 1 rings (SSSR count). The van der Waals surface area contributed by atoms with E-state index >= 15 is 0 Å². The van der Waals surface area contributed by atoms with Crippen LogP contribution in [-0.4, -0.2) is 42.9 Å². The standard InChI is InChI=1S/C10H15N3O3S/c1-7-8(13(15)16)6-9(17-7)10(14)12(3)5-4-11-2/h6,11H,4-5H2,1-3H3. The van der Waals surface area contributed by atoms with Gasteiger partial charge in [0.25, 0.3) is 11.6 Å². The van der Waals surface area contributed by atoms with Crippen molar-refractivity contribution < 1.29 is 9.72 Å². The van der Waals surface area contributed by atoms with E-state index in [4.69, 9.17) is 0 Å². The Balaban J connectivity index is 2.82. The van der Waals surface area contributed by atoms with Gasteiger partial charge in [0, 0.05) is 26.2 Å². The number of likely N-dealkylation sites (N-methyl/N-ethyl adjacent to an activating group) is 2. The molecule has 0 saturated heterocycles. The average Bonchev–Trinajstić information content (AvgIpc) is 2.67. The van der Waals surface area contributed by atoms with Gasteiger partial charge in [0.2, 0.25) is 0 Å². The molecular formula is C10H15N3O3S. The van der Waals surface area contributed by atoms with E-state index in [0.717, 1.165) is 11.3 Å². The highest BCUT2D eigenvalue weighted by atomic mass is 32.1. The lowest BCUT2D eigenvalue weighted by molar-refractivity contribution is -0.385. The summed E-state index contributed by atoms with van der Waals surface area (Å²) in [4.78, 5) is 24.7. The number of thiophene rings is 1. The average molecular weight is 257 g/mol. The van der Waals surface area contributed by atoms with Crippen LogP contribution in [-0.2, 0) is 0 Å². The fourth-order valence-electron chi connectivity index (χ4n) is 1.33. The van der Waals surface area contributed by atoms with Crippen LogP contribution in [0.25, 0.3) is 0 Å². The highest BCUT2D eigenvalue weighted by Gasteiger charge is 2.21. The van der Waals surface area contributed by atoms with Crippen molar-refractivity contribution in [1.29, 1.82) is 0 Å². The van der Waals surface area contributed by atoms with E-state index < -0.39 is 4.92 Å². The number of nitrogens with one attached hydrogen (secondary N) is 1. The Hall–Kier alpha value is -1.47. The minimum Gasteiger partial charge on any atom is -0.340 e. The number of hydrogen-bond acceptors (Lipinski definition) is 5. The van der Waals surface area contributed by atoms with E-state index in [1.165, 1.54) is 6.07 Å². The van der Waals surface area contributed by atoms with Crippen LogP contribution >= 0.6 is 11.3 Å². The van der Waals surface area contributed by atoms with Gasteiger partial charge in [-0.1, -0.05) is 0 Å². The maximum atomic E-state index is 11.9. The van der Waals surface area contributed by atoms with E-state index in [1.807, 2.05) is 0 Å². The molecule has 0 spiro atoms. The Labute approximate surface area is 103 Å². The summed E-state index contributed by atoms with van der Waals surface area (Å²) in [5, 5.41) is 13.6. The van der Waals surface area contributed by atoms with Crippen molar-refractivity contribution in [3.63, 3.8) is 0 Å². The molecule has 17 heavy (non-hydrogen) atoms. The maximum absolute atomic E-state index is 11.9. The SMILES string of the molecule is CNCCN(C)C(=O)c1cc([N+](=O)[O-])c(C)s1. The van der Waals surface area contributed by atoms with Crippen molar-refractivity contribution in [2.45, 2.75) is 6.92 Å². The molecule has 1 aromatic heterocycles. The van der Waals surface area contributed by atoms with E-state index in [2.05, 4.69) is 5.32 Å². The summed E-state index contributed by atoms with van der Waals surface area (Å²) >= 11 is 1.16. The lowest BCUT2D eigenvalue weighted by atomic mass is 10.3. The van der Waals surface area contributed by atoms with Gasteiger partial charge in [-0.15, -0.1) is 11.3 Å². The predicted octanol–water partition coefficient (Wildman–Crippen LogP) is 1.26. The lowest BCUT2D eigenvalue weighted by Gasteiger charge is -2.15. The van der Waals surface area contributed by atoms with Crippen molar-refractivity contribution in [3.8, 4) is 0 Å². The summed E-state index contributed by atoms with van der Waals surface area (Å²) in [6.07, 6.45) is 0. The predicted molar refractivity (Wildman–Crippen MR) is 66.6 cm³/mol. The Bertz CT molecular complexity index is 430. The highest BCUT2D eigenvalue weighted by molar-refractivity contribution is 7.14. The third kappa shape index (κ3) is 3.24. The molecule has 0 aliphatic carbocycles. The number of hydrogen-bond donors (Lipinski definition) is 1. The second kappa shape index (κ2) is 5.74. The number of nitro groups is 1. The van der Waals surface area contributed by atoms with Gasteiger partial charge in [-0.05, 0) is 14.0 Å². The molecule has 0 atom stereocenters. The van der Waals surface area contributed by atoms with Gasteiger partial charge < -0.3 is 10.2 Å². The minimum absolute atomic E-state index is 0.0142. The summed E-state index contributed by atoms with van der Waals surface area (Å²) in [6, 6.07) is 1.35. The molecule has 0 aliphatic rings. The smallest absolute Gasteiger partial charge is 0.283 e. The molecule has 1 heterocycles. The van der Waals surface area contributed by atoms with Crippen LogP contribution < -0.4 is 5.32 Å². The summed E-state index contributed by atoms with van der Waals surface area (Å²) in [7, 11) is 3.49. The number of carbonyl (C=O) groups is 1. The molecule has 0 aromatic carbocycles. The number of nitrogens with zero attached hydrogens (tertiary/aromatic N) is 2. The highest BCUT2D eigenvalue weighted by Crippen LogP contribution is 2.28. The van der Waals surface area contributed by atoms with E-state index in [1.54, 1.807) is 25.9 Å². The van der Waals surface area contributed by atoms with Crippen LogP contribution in [0.2, 0.25) is 0 Å². The third-order valence-corrected chi connectivity index (χ3v) is 3.37. The molecule has 0 fully saturated rings. The molecule has 0 bridgehead atoms. The second-order valence-electron chi connectivity index (χ2n) is 3.64. The first kappa shape index (κ1) is 13.6. The van der Waals surface area contributed by atoms with Crippen molar-refractivity contribution in [2.24, 2.45) is 0 Å². The molecular weight excluding hydrogens is 242 g/mol. The van der Waals surface area contributed by atoms with Gasteiger partial charge in [0.1, 0.15) is 0 Å². The zero-order valence-corrected chi connectivity index (χ0v) is 10.8. The number of aryl methyl sites for hydroxylation is 1. The Morgan fingerprint density at radius 2 is 2.29 bits per heavy atom. The monoisotopic (exact) mass is 257 g/mol. The lowest BCUT2D eigenvalue weighted by Crippen LogP contribution is -2.32. The Kier molecular flexibility index (Phi) is 4.59. The first-order chi connectivity index (χ1) is 7.97.